The number of rotatable bonds is 3. The lowest BCUT2D eigenvalue weighted by molar-refractivity contribution is 0.0715. The van der Waals surface area contributed by atoms with E-state index in [1.54, 1.807) is 12.0 Å². The third-order valence-corrected chi connectivity index (χ3v) is 4.16. The number of amides is 1. The second-order valence-electron chi connectivity index (χ2n) is 5.25. The second kappa shape index (κ2) is 6.02. The van der Waals surface area contributed by atoms with Crippen molar-refractivity contribution in [1.29, 1.82) is 0 Å². The molecule has 1 saturated heterocycles. The van der Waals surface area contributed by atoms with Crippen molar-refractivity contribution in [2.45, 2.75) is 18.6 Å². The quantitative estimate of drug-likeness (QED) is 0.944. The van der Waals surface area contributed by atoms with Crippen molar-refractivity contribution in [3.8, 4) is 5.75 Å². The maximum Gasteiger partial charge on any atom is 0.259 e. The summed E-state index contributed by atoms with van der Waals surface area (Å²) in [6.45, 7) is 0.266. The predicted octanol–water partition coefficient (Wildman–Crippen LogP) is 2.89. The van der Waals surface area contributed by atoms with Crippen LogP contribution in [0.25, 0.3) is 0 Å². The van der Waals surface area contributed by atoms with E-state index in [0.29, 0.717) is 17.7 Å². The van der Waals surface area contributed by atoms with Crippen LogP contribution in [0.2, 0.25) is 5.22 Å². The fourth-order valence-corrected chi connectivity index (χ4v) is 3.00. The van der Waals surface area contributed by atoms with Gasteiger partial charge < -0.3 is 19.2 Å². The molecule has 0 saturated carbocycles. The Morgan fingerprint density at radius 1 is 1.45 bits per heavy atom. The minimum Gasteiger partial charge on any atom is -0.497 e. The summed E-state index contributed by atoms with van der Waals surface area (Å²) in [5, 5.41) is 10.1. The van der Waals surface area contributed by atoms with Crippen molar-refractivity contribution in [2.75, 3.05) is 13.7 Å². The van der Waals surface area contributed by atoms with E-state index in [9.17, 15) is 9.90 Å². The topological polar surface area (TPSA) is 62.9 Å². The minimum absolute atomic E-state index is 0.0655. The molecule has 6 heteroatoms. The van der Waals surface area contributed by atoms with Gasteiger partial charge in [-0.15, -0.1) is 0 Å². The monoisotopic (exact) mass is 321 g/mol. The standard InChI is InChI=1S/C16H16ClNO4/c1-21-12-4-2-3-10(7-12)14-8-11(19)9-18(14)16(20)13-5-6-22-15(13)17/h2-7,11,14,19H,8-9H2,1H3/t11-,14-/m0/s1. The highest BCUT2D eigenvalue weighted by Crippen LogP contribution is 2.35. The molecule has 1 aliphatic rings. The molecule has 22 heavy (non-hydrogen) atoms. The van der Waals surface area contributed by atoms with E-state index in [2.05, 4.69) is 0 Å². The highest BCUT2D eigenvalue weighted by Gasteiger charge is 2.36. The Labute approximate surface area is 133 Å². The molecule has 1 aromatic heterocycles. The first-order valence-corrected chi connectivity index (χ1v) is 7.34. The van der Waals surface area contributed by atoms with Gasteiger partial charge in [-0.25, -0.2) is 0 Å². The summed E-state index contributed by atoms with van der Waals surface area (Å²) in [7, 11) is 1.59. The molecule has 0 radical (unpaired) electrons. The predicted molar refractivity (Wildman–Crippen MR) is 81.1 cm³/mol. The van der Waals surface area contributed by atoms with Crippen LogP contribution in [0.1, 0.15) is 28.4 Å². The number of ether oxygens (including phenoxy) is 1. The van der Waals surface area contributed by atoms with Crippen LogP contribution in [-0.4, -0.2) is 35.7 Å². The first kappa shape index (κ1) is 14.9. The van der Waals surface area contributed by atoms with Gasteiger partial charge in [-0.2, -0.15) is 0 Å². The zero-order valence-corrected chi connectivity index (χ0v) is 12.8. The van der Waals surface area contributed by atoms with Crippen LogP contribution < -0.4 is 4.74 Å². The fraction of sp³-hybridized carbons (Fsp3) is 0.312. The fourth-order valence-electron chi connectivity index (χ4n) is 2.80. The molecular weight excluding hydrogens is 306 g/mol. The van der Waals surface area contributed by atoms with Crippen molar-refractivity contribution in [2.24, 2.45) is 0 Å². The van der Waals surface area contributed by atoms with Crippen LogP contribution in [0.5, 0.6) is 5.75 Å². The van der Waals surface area contributed by atoms with Crippen LogP contribution in [-0.2, 0) is 0 Å². The van der Waals surface area contributed by atoms with E-state index in [4.69, 9.17) is 20.8 Å². The van der Waals surface area contributed by atoms with E-state index in [1.807, 2.05) is 24.3 Å². The summed E-state index contributed by atoms with van der Waals surface area (Å²) in [5.74, 6) is 0.468. The smallest absolute Gasteiger partial charge is 0.259 e. The number of nitrogens with zero attached hydrogens (tertiary/aromatic N) is 1. The average molecular weight is 322 g/mol. The van der Waals surface area contributed by atoms with Crippen molar-refractivity contribution in [3.63, 3.8) is 0 Å². The Morgan fingerprint density at radius 3 is 2.95 bits per heavy atom. The number of likely N-dealkylation sites (tertiary alicyclic amines) is 1. The SMILES string of the molecule is COc1cccc([C@@H]2C[C@H](O)CN2C(=O)c2ccoc2Cl)c1. The largest absolute Gasteiger partial charge is 0.497 e. The van der Waals surface area contributed by atoms with Gasteiger partial charge in [-0.05, 0) is 41.8 Å². The lowest BCUT2D eigenvalue weighted by atomic mass is 10.0. The summed E-state index contributed by atoms with van der Waals surface area (Å²) in [6, 6.07) is 8.82. The summed E-state index contributed by atoms with van der Waals surface area (Å²) in [6.07, 6.45) is 1.29. The molecule has 5 nitrogen and oxygen atoms in total. The molecule has 3 rings (SSSR count). The molecule has 1 N–H and O–H groups in total. The zero-order chi connectivity index (χ0) is 15.7. The number of halogens is 1. The Kier molecular flexibility index (Phi) is 4.09. The van der Waals surface area contributed by atoms with E-state index < -0.39 is 6.10 Å². The normalized spacial score (nSPS) is 21.1. The number of β-amino-alcohol motifs (C(OH)–C–C–N with tert-alkyl or cyclic N) is 1. The van der Waals surface area contributed by atoms with Gasteiger partial charge in [0.05, 0.1) is 31.1 Å². The van der Waals surface area contributed by atoms with Crippen LogP contribution in [0.3, 0.4) is 0 Å². The number of carbonyl (C=O) groups is 1. The van der Waals surface area contributed by atoms with Gasteiger partial charge in [-0.3, -0.25) is 4.79 Å². The number of benzene rings is 1. The van der Waals surface area contributed by atoms with Crippen LogP contribution in [0.4, 0.5) is 0 Å². The van der Waals surface area contributed by atoms with Gasteiger partial charge >= 0.3 is 0 Å². The molecule has 1 fully saturated rings. The summed E-state index contributed by atoms with van der Waals surface area (Å²) in [5.41, 5.74) is 1.23. The van der Waals surface area contributed by atoms with Crippen molar-refractivity contribution in [3.05, 3.63) is 52.9 Å². The molecule has 0 aliphatic carbocycles. The molecule has 116 valence electrons. The average Bonchev–Trinajstić information content (AvgIpc) is 3.12. The molecule has 0 unspecified atom stereocenters. The summed E-state index contributed by atoms with van der Waals surface area (Å²) in [4.78, 5) is 14.3. The first-order chi connectivity index (χ1) is 10.6. The third-order valence-electron chi connectivity index (χ3n) is 3.87. The molecule has 2 aromatic rings. The molecule has 1 aromatic carbocycles. The number of carbonyl (C=O) groups excluding carboxylic acids is 1. The first-order valence-electron chi connectivity index (χ1n) is 6.96. The molecule has 0 spiro atoms. The third kappa shape index (κ3) is 2.69. The lowest BCUT2D eigenvalue weighted by Crippen LogP contribution is -2.31. The number of aliphatic hydroxyl groups is 1. The minimum atomic E-state index is -0.564. The Morgan fingerprint density at radius 2 is 2.27 bits per heavy atom. The molecule has 2 atom stereocenters. The molecular formula is C16H16ClNO4. The number of hydrogen-bond acceptors (Lipinski definition) is 4. The van der Waals surface area contributed by atoms with E-state index in [-0.39, 0.29) is 23.7 Å². The summed E-state index contributed by atoms with van der Waals surface area (Å²) >= 11 is 5.89. The van der Waals surface area contributed by atoms with Gasteiger partial charge in [0, 0.05) is 6.54 Å². The Balaban J connectivity index is 1.92. The van der Waals surface area contributed by atoms with Gasteiger partial charge in [0.15, 0.2) is 0 Å². The highest BCUT2D eigenvalue weighted by atomic mass is 35.5. The van der Waals surface area contributed by atoms with E-state index in [1.165, 1.54) is 12.3 Å². The van der Waals surface area contributed by atoms with E-state index >= 15 is 0 Å². The van der Waals surface area contributed by atoms with Crippen LogP contribution in [0, 0.1) is 0 Å². The maximum atomic E-state index is 12.7. The highest BCUT2D eigenvalue weighted by molar-refractivity contribution is 6.32. The van der Waals surface area contributed by atoms with Gasteiger partial charge in [0.25, 0.3) is 5.91 Å². The Bertz CT molecular complexity index is 684. The molecule has 1 amide bonds. The second-order valence-corrected chi connectivity index (χ2v) is 5.59. The Hall–Kier alpha value is -1.98. The summed E-state index contributed by atoms with van der Waals surface area (Å²) < 4.78 is 10.2. The molecule has 2 heterocycles. The number of aliphatic hydroxyl groups excluding tert-OH is 1. The van der Waals surface area contributed by atoms with Gasteiger partial charge in [-0.1, -0.05) is 12.1 Å². The zero-order valence-electron chi connectivity index (χ0n) is 12.0. The number of methoxy groups -OCH3 is 1. The van der Waals surface area contributed by atoms with Crippen molar-refractivity contribution >= 4 is 17.5 Å². The number of furan rings is 1. The van der Waals surface area contributed by atoms with Crippen molar-refractivity contribution in [1.82, 2.24) is 4.90 Å². The maximum absolute atomic E-state index is 12.7. The molecule has 0 bridgehead atoms. The van der Waals surface area contributed by atoms with Gasteiger partial charge in [0.1, 0.15) is 5.75 Å². The van der Waals surface area contributed by atoms with Crippen LogP contribution in [0.15, 0.2) is 41.0 Å². The number of hydrogen-bond donors (Lipinski definition) is 1. The van der Waals surface area contributed by atoms with E-state index in [0.717, 1.165) is 5.56 Å². The van der Waals surface area contributed by atoms with Crippen LogP contribution >= 0.6 is 11.6 Å². The van der Waals surface area contributed by atoms with Gasteiger partial charge in [0.2, 0.25) is 5.22 Å². The lowest BCUT2D eigenvalue weighted by Gasteiger charge is -2.24. The molecule has 1 aliphatic heterocycles. The van der Waals surface area contributed by atoms with Crippen molar-refractivity contribution < 1.29 is 19.1 Å².